The van der Waals surface area contributed by atoms with Crippen molar-refractivity contribution in [3.05, 3.63) is 12.2 Å². The third-order valence-corrected chi connectivity index (χ3v) is 4.02. The van der Waals surface area contributed by atoms with Crippen LogP contribution in [-0.4, -0.2) is 37.1 Å². The van der Waals surface area contributed by atoms with E-state index < -0.39 is 0 Å². The fourth-order valence-electron chi connectivity index (χ4n) is 3.06. The lowest BCUT2D eigenvalue weighted by molar-refractivity contribution is -0.150. The zero-order valence-electron chi connectivity index (χ0n) is 11.4. The minimum absolute atomic E-state index is 0.00531. The Morgan fingerprint density at radius 3 is 3.00 bits per heavy atom. The summed E-state index contributed by atoms with van der Waals surface area (Å²) in [5.41, 5.74) is 0. The Hall–Kier alpha value is -0.830. The summed E-state index contributed by atoms with van der Waals surface area (Å²) >= 11 is 0. The van der Waals surface area contributed by atoms with Gasteiger partial charge in [-0.1, -0.05) is 12.2 Å². The van der Waals surface area contributed by atoms with Crippen LogP contribution < -0.4 is 0 Å². The van der Waals surface area contributed by atoms with E-state index in [0.717, 1.165) is 38.4 Å². The average Bonchev–Trinajstić information content (AvgIpc) is 2.40. The van der Waals surface area contributed by atoms with Crippen molar-refractivity contribution in [1.82, 2.24) is 4.90 Å². The van der Waals surface area contributed by atoms with Crippen molar-refractivity contribution in [3.8, 4) is 0 Å². The fourth-order valence-corrected chi connectivity index (χ4v) is 3.06. The summed E-state index contributed by atoms with van der Waals surface area (Å²) in [7, 11) is 0. The zero-order valence-corrected chi connectivity index (χ0v) is 11.4. The van der Waals surface area contributed by atoms with Crippen LogP contribution in [0.2, 0.25) is 0 Å². The van der Waals surface area contributed by atoms with Crippen LogP contribution >= 0.6 is 0 Å². The summed E-state index contributed by atoms with van der Waals surface area (Å²) in [6, 6.07) is 0. The van der Waals surface area contributed by atoms with Gasteiger partial charge in [0.25, 0.3) is 0 Å². The highest BCUT2D eigenvalue weighted by Gasteiger charge is 2.27. The van der Waals surface area contributed by atoms with Gasteiger partial charge in [0, 0.05) is 13.1 Å². The normalized spacial score (nSPS) is 29.2. The van der Waals surface area contributed by atoms with Gasteiger partial charge in [0.15, 0.2) is 0 Å². The number of ether oxygens (including phenoxy) is 1. The molecule has 2 aliphatic rings. The van der Waals surface area contributed by atoms with Gasteiger partial charge in [-0.15, -0.1) is 0 Å². The number of allylic oxidation sites excluding steroid dienone is 2. The molecule has 0 amide bonds. The van der Waals surface area contributed by atoms with Gasteiger partial charge in [0.05, 0.1) is 12.5 Å². The maximum atomic E-state index is 11.8. The number of carbonyl (C=O) groups excluding carboxylic acids is 1. The molecule has 1 saturated heterocycles. The van der Waals surface area contributed by atoms with Crippen molar-refractivity contribution in [1.29, 1.82) is 0 Å². The minimum Gasteiger partial charge on any atom is -0.466 e. The SMILES string of the molecule is CCOC(=O)[C@H]1CCCN(C[C@H]2CC=CCC2)C1. The molecule has 1 fully saturated rings. The third-order valence-electron chi connectivity index (χ3n) is 4.02. The molecule has 1 heterocycles. The first kappa shape index (κ1) is 13.6. The van der Waals surface area contributed by atoms with Crippen LogP contribution in [0.1, 0.15) is 39.0 Å². The molecule has 0 N–H and O–H groups in total. The van der Waals surface area contributed by atoms with Gasteiger partial charge in [-0.05, 0) is 51.5 Å². The van der Waals surface area contributed by atoms with Crippen LogP contribution in [0.25, 0.3) is 0 Å². The summed E-state index contributed by atoms with van der Waals surface area (Å²) in [5, 5.41) is 0. The molecule has 0 radical (unpaired) electrons. The first-order valence-electron chi connectivity index (χ1n) is 7.33. The summed E-state index contributed by atoms with van der Waals surface area (Å²) in [6.07, 6.45) is 10.5. The fraction of sp³-hybridized carbons (Fsp3) is 0.800. The summed E-state index contributed by atoms with van der Waals surface area (Å²) in [6.45, 7) is 5.59. The van der Waals surface area contributed by atoms with Crippen LogP contribution in [0, 0.1) is 11.8 Å². The Morgan fingerprint density at radius 2 is 2.28 bits per heavy atom. The number of nitrogens with zero attached hydrogens (tertiary/aromatic N) is 1. The molecule has 18 heavy (non-hydrogen) atoms. The number of likely N-dealkylation sites (tertiary alicyclic amines) is 1. The molecular formula is C15H25NO2. The molecule has 1 aliphatic heterocycles. The number of esters is 1. The smallest absolute Gasteiger partial charge is 0.310 e. The third kappa shape index (κ3) is 3.84. The molecule has 0 aromatic rings. The van der Waals surface area contributed by atoms with Crippen molar-refractivity contribution >= 4 is 5.97 Å². The molecule has 2 rings (SSSR count). The van der Waals surface area contributed by atoms with Gasteiger partial charge in [-0.2, -0.15) is 0 Å². The van der Waals surface area contributed by atoms with Crippen molar-refractivity contribution < 1.29 is 9.53 Å². The Kier molecular flexibility index (Phi) is 5.24. The van der Waals surface area contributed by atoms with E-state index >= 15 is 0 Å². The molecule has 0 aromatic heterocycles. The van der Waals surface area contributed by atoms with E-state index in [1.807, 2.05) is 6.92 Å². The molecule has 0 spiro atoms. The molecular weight excluding hydrogens is 226 g/mol. The minimum atomic E-state index is 0.00531. The van der Waals surface area contributed by atoms with Crippen LogP contribution in [-0.2, 0) is 9.53 Å². The lowest BCUT2D eigenvalue weighted by Crippen LogP contribution is -2.41. The van der Waals surface area contributed by atoms with Gasteiger partial charge < -0.3 is 9.64 Å². The zero-order chi connectivity index (χ0) is 12.8. The van der Waals surface area contributed by atoms with Gasteiger partial charge >= 0.3 is 5.97 Å². The van der Waals surface area contributed by atoms with E-state index in [-0.39, 0.29) is 11.9 Å². The molecule has 0 bridgehead atoms. The molecule has 0 saturated carbocycles. The first-order chi connectivity index (χ1) is 8.79. The predicted octanol–water partition coefficient (Wildman–Crippen LogP) is 2.62. The van der Waals surface area contributed by atoms with Gasteiger partial charge in [0.2, 0.25) is 0 Å². The molecule has 0 unspecified atom stereocenters. The summed E-state index contributed by atoms with van der Waals surface area (Å²) in [4.78, 5) is 14.2. The van der Waals surface area contributed by atoms with Crippen LogP contribution in [0.3, 0.4) is 0 Å². The van der Waals surface area contributed by atoms with E-state index in [0.29, 0.717) is 6.61 Å². The van der Waals surface area contributed by atoms with E-state index in [1.165, 1.54) is 19.3 Å². The predicted molar refractivity (Wildman–Crippen MR) is 72.3 cm³/mol. The maximum absolute atomic E-state index is 11.8. The number of piperidine rings is 1. The number of hydrogen-bond donors (Lipinski definition) is 0. The number of rotatable bonds is 4. The molecule has 2 atom stereocenters. The van der Waals surface area contributed by atoms with Crippen molar-refractivity contribution in [2.75, 3.05) is 26.2 Å². The number of hydrogen-bond acceptors (Lipinski definition) is 3. The van der Waals surface area contributed by atoms with Gasteiger partial charge in [-0.3, -0.25) is 4.79 Å². The second-order valence-corrected chi connectivity index (χ2v) is 5.50. The van der Waals surface area contributed by atoms with E-state index in [1.54, 1.807) is 0 Å². The number of carbonyl (C=O) groups is 1. The molecule has 102 valence electrons. The summed E-state index contributed by atoms with van der Waals surface area (Å²) < 4.78 is 5.14. The first-order valence-corrected chi connectivity index (χ1v) is 7.33. The Morgan fingerprint density at radius 1 is 1.39 bits per heavy atom. The van der Waals surface area contributed by atoms with Crippen LogP contribution in [0.5, 0.6) is 0 Å². The monoisotopic (exact) mass is 251 g/mol. The largest absolute Gasteiger partial charge is 0.466 e. The molecule has 0 aromatic carbocycles. The van der Waals surface area contributed by atoms with Crippen molar-refractivity contribution in [2.45, 2.75) is 39.0 Å². The van der Waals surface area contributed by atoms with Crippen molar-refractivity contribution in [2.24, 2.45) is 11.8 Å². The highest BCUT2D eigenvalue weighted by Crippen LogP contribution is 2.23. The van der Waals surface area contributed by atoms with E-state index in [9.17, 15) is 4.79 Å². The quantitative estimate of drug-likeness (QED) is 0.568. The second kappa shape index (κ2) is 6.93. The van der Waals surface area contributed by atoms with Crippen molar-refractivity contribution in [3.63, 3.8) is 0 Å². The molecule has 3 nitrogen and oxygen atoms in total. The van der Waals surface area contributed by atoms with Gasteiger partial charge in [-0.25, -0.2) is 0 Å². The second-order valence-electron chi connectivity index (χ2n) is 5.50. The molecule has 1 aliphatic carbocycles. The topological polar surface area (TPSA) is 29.5 Å². The average molecular weight is 251 g/mol. The lowest BCUT2D eigenvalue weighted by Gasteiger charge is -2.34. The van der Waals surface area contributed by atoms with Crippen LogP contribution in [0.15, 0.2) is 12.2 Å². The molecule has 3 heteroatoms. The Balaban J connectivity index is 1.79. The summed E-state index contributed by atoms with van der Waals surface area (Å²) in [5.74, 6) is 0.902. The van der Waals surface area contributed by atoms with E-state index in [4.69, 9.17) is 4.74 Å². The highest BCUT2D eigenvalue weighted by atomic mass is 16.5. The standard InChI is InChI=1S/C15H25NO2/c1-2-18-15(17)14-9-6-10-16(12-14)11-13-7-4-3-5-8-13/h3-4,13-14H,2,5-12H2,1H3/t13-,14-/m0/s1. The Bertz CT molecular complexity index is 301. The van der Waals surface area contributed by atoms with Crippen LogP contribution in [0.4, 0.5) is 0 Å². The van der Waals surface area contributed by atoms with Gasteiger partial charge in [0.1, 0.15) is 0 Å². The lowest BCUT2D eigenvalue weighted by atomic mass is 9.91. The Labute approximate surface area is 110 Å². The van der Waals surface area contributed by atoms with E-state index in [2.05, 4.69) is 17.1 Å². The maximum Gasteiger partial charge on any atom is 0.310 e. The highest BCUT2D eigenvalue weighted by molar-refractivity contribution is 5.72.